The van der Waals surface area contributed by atoms with E-state index < -0.39 is 44.5 Å². The third-order valence-electron chi connectivity index (χ3n) is 5.88. The Balaban J connectivity index is 1.59. The molecule has 0 aromatic heterocycles. The van der Waals surface area contributed by atoms with Gasteiger partial charge >= 0.3 is 0 Å². The van der Waals surface area contributed by atoms with Crippen LogP contribution in [0.5, 0.6) is 0 Å². The maximum absolute atomic E-state index is 13.4. The molecule has 0 heterocycles. The summed E-state index contributed by atoms with van der Waals surface area (Å²) in [6.45, 7) is 0. The second-order valence-electron chi connectivity index (χ2n) is 7.74. The number of carbonyl (C=O) groups excluding carboxylic acids is 1. The average molecular weight is 460 g/mol. The first-order valence-electron chi connectivity index (χ1n) is 9.25. The van der Waals surface area contributed by atoms with Crippen LogP contribution in [0.4, 0.5) is 18.9 Å². The zero-order valence-corrected chi connectivity index (χ0v) is 17.0. The van der Waals surface area contributed by atoms with Crippen molar-refractivity contribution in [2.75, 3.05) is 5.32 Å². The lowest BCUT2D eigenvalue weighted by molar-refractivity contribution is -0.0733. The van der Waals surface area contributed by atoms with E-state index in [1.807, 2.05) is 0 Å². The van der Waals surface area contributed by atoms with Crippen LogP contribution in [-0.4, -0.2) is 30.8 Å². The fourth-order valence-electron chi connectivity index (χ4n) is 4.23. The number of nitrogens with one attached hydrogen (secondary N) is 1. The number of carbonyl (C=O) groups is 1. The summed E-state index contributed by atoms with van der Waals surface area (Å²) in [5.41, 5.74) is -0.416. The molecule has 3 saturated carbocycles. The summed E-state index contributed by atoms with van der Waals surface area (Å²) in [5, 5.41) is 11.3. The topological polar surface area (TPSA) is 83.5 Å². The molecule has 2 N–H and O–H groups in total. The lowest BCUT2D eigenvalue weighted by Crippen LogP contribution is -2.51. The number of rotatable bonds is 4. The van der Waals surface area contributed by atoms with Gasteiger partial charge in [-0.05, 0) is 49.3 Å². The number of sulfone groups is 1. The largest absolute Gasteiger partial charge is 0.393 e. The Morgan fingerprint density at radius 2 is 1.63 bits per heavy atom. The highest BCUT2D eigenvalue weighted by atomic mass is 35.5. The summed E-state index contributed by atoms with van der Waals surface area (Å²) in [4.78, 5) is 12.3. The Morgan fingerprint density at radius 1 is 1.03 bits per heavy atom. The minimum Gasteiger partial charge on any atom is -0.393 e. The molecule has 0 saturated heterocycles. The Hall–Kier alpha value is -2.10. The van der Waals surface area contributed by atoms with Crippen LogP contribution >= 0.6 is 11.6 Å². The molecule has 5 nitrogen and oxygen atoms in total. The molecule has 30 heavy (non-hydrogen) atoms. The minimum atomic E-state index is -3.86. The summed E-state index contributed by atoms with van der Waals surface area (Å²) in [7, 11) is -3.86. The van der Waals surface area contributed by atoms with Crippen molar-refractivity contribution < 1.29 is 31.5 Å². The SMILES string of the molecule is O=C(Nc1cc(F)c(F)c(F)c1)c1ccc(Cl)c(S(=O)(=O)[C@H]2CC3CC(C2)[C@@H]3O)c1. The van der Waals surface area contributed by atoms with Crippen LogP contribution in [0.1, 0.15) is 29.6 Å². The van der Waals surface area contributed by atoms with Crippen LogP contribution in [0.3, 0.4) is 0 Å². The summed E-state index contributed by atoms with van der Waals surface area (Å²) in [5.74, 6) is -5.56. The summed E-state index contributed by atoms with van der Waals surface area (Å²) in [6.07, 6.45) is 0.969. The second kappa shape index (κ2) is 7.55. The molecule has 0 radical (unpaired) electrons. The summed E-state index contributed by atoms with van der Waals surface area (Å²) >= 11 is 6.10. The number of aliphatic hydroxyl groups excluding tert-OH is 1. The normalized spacial score (nSPS) is 25.5. The van der Waals surface area contributed by atoms with Crippen molar-refractivity contribution in [2.45, 2.75) is 35.5 Å². The van der Waals surface area contributed by atoms with Gasteiger partial charge in [0.2, 0.25) is 0 Å². The molecule has 2 aromatic rings. The fraction of sp³-hybridized carbons (Fsp3) is 0.350. The van der Waals surface area contributed by atoms with E-state index in [2.05, 4.69) is 5.32 Å². The smallest absolute Gasteiger partial charge is 0.255 e. The Labute approximate surface area is 175 Å². The highest BCUT2D eigenvalue weighted by Crippen LogP contribution is 2.49. The second-order valence-corrected chi connectivity index (χ2v) is 10.3. The quantitative estimate of drug-likeness (QED) is 0.678. The van der Waals surface area contributed by atoms with Gasteiger partial charge in [0.15, 0.2) is 27.3 Å². The van der Waals surface area contributed by atoms with Gasteiger partial charge in [0.25, 0.3) is 5.91 Å². The van der Waals surface area contributed by atoms with E-state index in [-0.39, 0.29) is 33.0 Å². The Bertz CT molecular complexity index is 1110. The number of hydrogen-bond donors (Lipinski definition) is 2. The third-order valence-corrected chi connectivity index (χ3v) is 8.54. The van der Waals surface area contributed by atoms with Gasteiger partial charge in [0.05, 0.1) is 21.3 Å². The van der Waals surface area contributed by atoms with E-state index in [4.69, 9.17) is 11.6 Å². The van der Waals surface area contributed by atoms with Gasteiger partial charge in [0, 0.05) is 23.4 Å². The predicted octanol–water partition coefficient (Wildman–Crippen LogP) is 3.94. The van der Waals surface area contributed by atoms with Crippen LogP contribution in [0.2, 0.25) is 5.02 Å². The first-order chi connectivity index (χ1) is 14.1. The molecule has 10 heteroatoms. The molecule has 2 aromatic carbocycles. The van der Waals surface area contributed by atoms with E-state index in [1.165, 1.54) is 12.1 Å². The molecular formula is C20H17ClF3NO4S. The van der Waals surface area contributed by atoms with E-state index in [0.717, 1.165) is 12.5 Å². The van der Waals surface area contributed by atoms with Crippen molar-refractivity contribution in [3.05, 3.63) is 58.4 Å². The van der Waals surface area contributed by atoms with Crippen molar-refractivity contribution in [3.63, 3.8) is 0 Å². The Morgan fingerprint density at radius 3 is 2.20 bits per heavy atom. The molecule has 1 amide bonds. The van der Waals surface area contributed by atoms with Gasteiger partial charge in [0.1, 0.15) is 0 Å². The number of amides is 1. The predicted molar refractivity (Wildman–Crippen MR) is 104 cm³/mol. The lowest BCUT2D eigenvalue weighted by Gasteiger charge is -2.49. The van der Waals surface area contributed by atoms with Crippen molar-refractivity contribution in [1.82, 2.24) is 0 Å². The molecule has 0 aliphatic heterocycles. The molecule has 5 rings (SSSR count). The maximum atomic E-state index is 13.4. The van der Waals surface area contributed by atoms with Crippen molar-refractivity contribution in [2.24, 2.45) is 11.8 Å². The number of fused-ring (bicyclic) bond motifs is 2. The van der Waals surface area contributed by atoms with Gasteiger partial charge < -0.3 is 10.4 Å². The van der Waals surface area contributed by atoms with Crippen molar-refractivity contribution in [1.29, 1.82) is 0 Å². The van der Waals surface area contributed by atoms with Gasteiger partial charge in [-0.25, -0.2) is 21.6 Å². The first kappa shape index (κ1) is 21.1. The highest BCUT2D eigenvalue weighted by Gasteiger charge is 2.50. The van der Waals surface area contributed by atoms with Gasteiger partial charge in [-0.15, -0.1) is 0 Å². The number of anilines is 1. The minimum absolute atomic E-state index is 0.0507. The zero-order valence-electron chi connectivity index (χ0n) is 15.4. The molecule has 2 unspecified atom stereocenters. The molecule has 3 fully saturated rings. The van der Waals surface area contributed by atoms with E-state index in [0.29, 0.717) is 25.0 Å². The number of benzene rings is 2. The molecule has 3 aliphatic carbocycles. The average Bonchev–Trinajstić information content (AvgIpc) is 2.71. The van der Waals surface area contributed by atoms with Crippen LogP contribution in [0.25, 0.3) is 0 Å². The van der Waals surface area contributed by atoms with Gasteiger partial charge in [-0.2, -0.15) is 0 Å². The first-order valence-corrected chi connectivity index (χ1v) is 11.2. The van der Waals surface area contributed by atoms with Crippen LogP contribution in [-0.2, 0) is 9.84 Å². The van der Waals surface area contributed by atoms with Gasteiger partial charge in [-0.1, -0.05) is 11.6 Å². The zero-order chi connectivity index (χ0) is 21.8. The lowest BCUT2D eigenvalue weighted by atomic mass is 9.63. The number of hydrogen-bond acceptors (Lipinski definition) is 4. The van der Waals surface area contributed by atoms with E-state index in [1.54, 1.807) is 0 Å². The summed E-state index contributed by atoms with van der Waals surface area (Å²) in [6, 6.07) is 4.87. The fourth-order valence-corrected chi connectivity index (χ4v) is 6.66. The highest BCUT2D eigenvalue weighted by molar-refractivity contribution is 7.92. The van der Waals surface area contributed by atoms with Crippen LogP contribution in [0, 0.1) is 29.3 Å². The molecular weight excluding hydrogens is 443 g/mol. The standard InChI is InChI=1S/C20H17ClF3NO4S/c21-14-2-1-9(20(27)25-12-7-15(22)18(24)16(23)8-12)6-17(14)30(28,29)13-4-10-3-11(5-13)19(10)26/h1-2,6-8,10-11,13,19,26H,3-5H2,(H,25,27)/t10?,11?,13-,19+. The van der Waals surface area contributed by atoms with Gasteiger partial charge in [-0.3, -0.25) is 4.79 Å². The molecule has 160 valence electrons. The Kier molecular flexibility index (Phi) is 5.32. The molecule has 0 spiro atoms. The van der Waals surface area contributed by atoms with E-state index in [9.17, 15) is 31.5 Å². The third kappa shape index (κ3) is 3.59. The van der Waals surface area contributed by atoms with Crippen LogP contribution < -0.4 is 5.32 Å². The molecule has 3 aliphatic rings. The molecule has 2 atom stereocenters. The van der Waals surface area contributed by atoms with Crippen molar-refractivity contribution >= 4 is 33.0 Å². The monoisotopic (exact) mass is 459 g/mol. The van der Waals surface area contributed by atoms with Crippen molar-refractivity contribution in [3.8, 4) is 0 Å². The van der Waals surface area contributed by atoms with E-state index >= 15 is 0 Å². The molecule has 2 bridgehead atoms. The maximum Gasteiger partial charge on any atom is 0.255 e. The number of halogens is 4. The summed E-state index contributed by atoms with van der Waals surface area (Å²) < 4.78 is 66.0. The number of aliphatic hydroxyl groups is 1. The van der Waals surface area contributed by atoms with Crippen LogP contribution in [0.15, 0.2) is 35.2 Å².